The van der Waals surface area contributed by atoms with E-state index in [0.717, 1.165) is 0 Å². The predicted octanol–water partition coefficient (Wildman–Crippen LogP) is 1.26. The number of aldehydes is 1. The van der Waals surface area contributed by atoms with Crippen molar-refractivity contribution in [1.82, 2.24) is 0 Å². The second-order valence-corrected chi connectivity index (χ2v) is 2.69. The molecule has 1 aromatic carbocycles. The van der Waals surface area contributed by atoms with E-state index in [1.165, 1.54) is 12.1 Å². The zero-order valence-corrected chi connectivity index (χ0v) is 7.82. The molecule has 0 unspecified atom stereocenters. The van der Waals surface area contributed by atoms with E-state index < -0.39 is 5.97 Å². The Morgan fingerprint density at radius 1 is 1.57 bits per heavy atom. The van der Waals surface area contributed by atoms with E-state index in [2.05, 4.69) is 0 Å². The van der Waals surface area contributed by atoms with Crippen molar-refractivity contribution in [1.29, 1.82) is 0 Å². The first-order valence-electron chi connectivity index (χ1n) is 4.21. The quantitative estimate of drug-likeness (QED) is 0.445. The number of carbonyl (C=O) groups is 2. The molecule has 0 aliphatic rings. The lowest BCUT2D eigenvalue weighted by Gasteiger charge is -2.05. The summed E-state index contributed by atoms with van der Waals surface area (Å²) in [4.78, 5) is 21.8. The van der Waals surface area contributed by atoms with Gasteiger partial charge in [0.1, 0.15) is 6.29 Å². The van der Waals surface area contributed by atoms with Gasteiger partial charge in [-0.25, -0.2) is 4.79 Å². The normalized spacial score (nSPS) is 9.50. The summed E-state index contributed by atoms with van der Waals surface area (Å²) in [6.07, 6.45) is 0.655. The van der Waals surface area contributed by atoms with Crippen LogP contribution in [0.5, 0.6) is 0 Å². The molecule has 0 saturated heterocycles. The van der Waals surface area contributed by atoms with E-state index in [1.807, 2.05) is 0 Å². The maximum absolute atomic E-state index is 11.3. The van der Waals surface area contributed by atoms with Gasteiger partial charge in [0, 0.05) is 11.3 Å². The summed E-state index contributed by atoms with van der Waals surface area (Å²) in [5.74, 6) is -0.506. The molecule has 0 heterocycles. The summed E-state index contributed by atoms with van der Waals surface area (Å²) >= 11 is 0. The van der Waals surface area contributed by atoms with Crippen molar-refractivity contribution in [3.8, 4) is 0 Å². The Kier molecular flexibility index (Phi) is 3.23. The number of hydrogen-bond acceptors (Lipinski definition) is 4. The maximum atomic E-state index is 11.3. The van der Waals surface area contributed by atoms with Gasteiger partial charge in [0.2, 0.25) is 0 Å². The Morgan fingerprint density at radius 2 is 2.29 bits per heavy atom. The first kappa shape index (κ1) is 10.2. The molecule has 0 aliphatic heterocycles. The molecule has 0 aromatic heterocycles. The molecule has 0 aliphatic carbocycles. The van der Waals surface area contributed by atoms with Crippen LogP contribution in [-0.2, 0) is 4.74 Å². The van der Waals surface area contributed by atoms with Gasteiger partial charge >= 0.3 is 5.97 Å². The highest BCUT2D eigenvalue weighted by atomic mass is 16.5. The lowest BCUT2D eigenvalue weighted by atomic mass is 10.1. The summed E-state index contributed by atoms with van der Waals surface area (Å²) in [5.41, 5.74) is 6.51. The number of nitrogens with two attached hydrogens (primary N) is 1. The van der Waals surface area contributed by atoms with Crippen LogP contribution in [0.4, 0.5) is 5.69 Å². The smallest absolute Gasteiger partial charge is 0.340 e. The van der Waals surface area contributed by atoms with Crippen LogP contribution in [0.25, 0.3) is 0 Å². The third-order valence-corrected chi connectivity index (χ3v) is 1.71. The highest BCUT2D eigenvalue weighted by molar-refractivity contribution is 5.96. The van der Waals surface area contributed by atoms with Crippen molar-refractivity contribution in [2.75, 3.05) is 12.3 Å². The molecule has 14 heavy (non-hydrogen) atoms. The minimum absolute atomic E-state index is 0.233. The molecule has 4 nitrogen and oxygen atoms in total. The Hall–Kier alpha value is -1.84. The molecule has 0 saturated carbocycles. The summed E-state index contributed by atoms with van der Waals surface area (Å²) in [6.45, 7) is 1.99. The molecule has 1 rings (SSSR count). The van der Waals surface area contributed by atoms with Gasteiger partial charge in [-0.15, -0.1) is 0 Å². The number of ether oxygens (including phenoxy) is 1. The molecular formula is C10H11NO3. The fourth-order valence-corrected chi connectivity index (χ4v) is 1.03. The zero-order chi connectivity index (χ0) is 10.6. The fourth-order valence-electron chi connectivity index (χ4n) is 1.03. The van der Waals surface area contributed by atoms with E-state index in [9.17, 15) is 9.59 Å². The van der Waals surface area contributed by atoms with Crippen molar-refractivity contribution in [2.24, 2.45) is 0 Å². The number of benzene rings is 1. The molecule has 0 atom stereocenters. The molecule has 0 amide bonds. The van der Waals surface area contributed by atoms with Crippen LogP contribution in [0.15, 0.2) is 18.2 Å². The average Bonchev–Trinajstić information content (AvgIpc) is 2.19. The molecule has 0 spiro atoms. The molecule has 2 N–H and O–H groups in total. The van der Waals surface area contributed by atoms with Crippen LogP contribution in [0.2, 0.25) is 0 Å². The van der Waals surface area contributed by atoms with Crippen LogP contribution in [0, 0.1) is 0 Å². The first-order chi connectivity index (χ1) is 6.69. The van der Waals surface area contributed by atoms with Gasteiger partial charge in [-0.2, -0.15) is 0 Å². The number of rotatable bonds is 3. The van der Waals surface area contributed by atoms with E-state index in [0.29, 0.717) is 17.5 Å². The third kappa shape index (κ3) is 2.10. The second-order valence-electron chi connectivity index (χ2n) is 2.69. The lowest BCUT2D eigenvalue weighted by Crippen LogP contribution is -2.08. The Labute approximate surface area is 81.7 Å². The Bertz CT molecular complexity index is 360. The van der Waals surface area contributed by atoms with Crippen LogP contribution >= 0.6 is 0 Å². The number of hydrogen-bond donors (Lipinski definition) is 1. The van der Waals surface area contributed by atoms with Gasteiger partial charge in [-0.05, 0) is 25.1 Å². The minimum Gasteiger partial charge on any atom is -0.462 e. The minimum atomic E-state index is -0.506. The number of anilines is 1. The summed E-state index contributed by atoms with van der Waals surface area (Å²) in [7, 11) is 0. The molecule has 0 radical (unpaired) electrons. The van der Waals surface area contributed by atoms with E-state index in [-0.39, 0.29) is 12.2 Å². The fraction of sp³-hybridized carbons (Fsp3) is 0.200. The molecule has 74 valence electrons. The van der Waals surface area contributed by atoms with Crippen LogP contribution < -0.4 is 5.73 Å². The van der Waals surface area contributed by atoms with Crippen LogP contribution in [0.1, 0.15) is 27.6 Å². The van der Waals surface area contributed by atoms with Crippen molar-refractivity contribution in [3.63, 3.8) is 0 Å². The lowest BCUT2D eigenvalue weighted by molar-refractivity contribution is 0.0527. The monoisotopic (exact) mass is 193 g/mol. The Balaban J connectivity index is 3.05. The summed E-state index contributed by atoms with van der Waals surface area (Å²) in [6, 6.07) is 4.47. The van der Waals surface area contributed by atoms with E-state index >= 15 is 0 Å². The van der Waals surface area contributed by atoms with Crippen molar-refractivity contribution >= 4 is 17.9 Å². The predicted molar refractivity (Wildman–Crippen MR) is 52.2 cm³/mol. The first-order valence-corrected chi connectivity index (χ1v) is 4.21. The van der Waals surface area contributed by atoms with Crippen LogP contribution in [-0.4, -0.2) is 18.9 Å². The van der Waals surface area contributed by atoms with Gasteiger partial charge in [-0.1, -0.05) is 0 Å². The third-order valence-electron chi connectivity index (χ3n) is 1.71. The van der Waals surface area contributed by atoms with Gasteiger partial charge in [0.15, 0.2) is 0 Å². The van der Waals surface area contributed by atoms with Crippen LogP contribution in [0.3, 0.4) is 0 Å². The molecule has 0 fully saturated rings. The van der Waals surface area contributed by atoms with Gasteiger partial charge < -0.3 is 10.5 Å². The highest BCUT2D eigenvalue weighted by Gasteiger charge is 2.10. The van der Waals surface area contributed by atoms with Gasteiger partial charge in [0.05, 0.1) is 12.2 Å². The summed E-state index contributed by atoms with van der Waals surface area (Å²) < 4.78 is 4.77. The molecule has 0 bridgehead atoms. The molecule has 1 aromatic rings. The van der Waals surface area contributed by atoms with Crippen molar-refractivity contribution < 1.29 is 14.3 Å². The standard InChI is InChI=1S/C10H11NO3/c1-2-14-10(13)8-5-7(6-12)3-4-9(8)11/h3-6H,2,11H2,1H3. The second kappa shape index (κ2) is 4.41. The Morgan fingerprint density at radius 3 is 2.86 bits per heavy atom. The van der Waals surface area contributed by atoms with E-state index in [4.69, 9.17) is 10.5 Å². The average molecular weight is 193 g/mol. The zero-order valence-electron chi connectivity index (χ0n) is 7.82. The molecule has 4 heteroatoms. The molecular weight excluding hydrogens is 182 g/mol. The van der Waals surface area contributed by atoms with Crippen molar-refractivity contribution in [3.05, 3.63) is 29.3 Å². The van der Waals surface area contributed by atoms with Gasteiger partial charge in [0.25, 0.3) is 0 Å². The topological polar surface area (TPSA) is 69.4 Å². The highest BCUT2D eigenvalue weighted by Crippen LogP contribution is 2.14. The summed E-state index contributed by atoms with van der Waals surface area (Å²) in [5, 5.41) is 0. The SMILES string of the molecule is CCOC(=O)c1cc(C=O)ccc1N. The largest absolute Gasteiger partial charge is 0.462 e. The number of nitrogen functional groups attached to an aromatic ring is 1. The maximum Gasteiger partial charge on any atom is 0.340 e. The number of esters is 1. The number of carbonyl (C=O) groups excluding carboxylic acids is 2. The van der Waals surface area contributed by atoms with Gasteiger partial charge in [-0.3, -0.25) is 4.79 Å². The van der Waals surface area contributed by atoms with Crippen molar-refractivity contribution in [2.45, 2.75) is 6.92 Å². The van der Waals surface area contributed by atoms with E-state index in [1.54, 1.807) is 13.0 Å².